The van der Waals surface area contributed by atoms with Gasteiger partial charge in [0, 0.05) is 29.0 Å². The molecule has 0 amide bonds. The number of nitrogens with one attached hydrogen (secondary N) is 1. The molecule has 0 bridgehead atoms. The van der Waals surface area contributed by atoms with E-state index >= 15 is 0 Å². The van der Waals surface area contributed by atoms with Crippen molar-refractivity contribution >= 4 is 51.5 Å². The van der Waals surface area contributed by atoms with Gasteiger partial charge in [-0.3, -0.25) is 9.36 Å². The van der Waals surface area contributed by atoms with E-state index in [1.54, 1.807) is 18.5 Å². The Hall–Kier alpha value is -2.24. The van der Waals surface area contributed by atoms with Gasteiger partial charge >= 0.3 is 0 Å². The zero-order valence-corrected chi connectivity index (χ0v) is 18.8. The third kappa shape index (κ3) is 4.68. The molecular weight excluding hydrogens is 407 g/mol. The maximum absolute atomic E-state index is 13.2. The van der Waals surface area contributed by atoms with E-state index in [9.17, 15) is 4.79 Å². The average Bonchev–Trinajstić information content (AvgIpc) is 2.96. The number of nitrogens with two attached hydrogens (primary N) is 1. The zero-order chi connectivity index (χ0) is 21.6. The average molecular weight is 433 g/mol. The molecule has 0 fully saturated rings. The van der Waals surface area contributed by atoms with Crippen LogP contribution in [0.25, 0.3) is 10.9 Å². The number of carbonyl (C=O) groups is 1. The van der Waals surface area contributed by atoms with Gasteiger partial charge in [-0.2, -0.15) is 0 Å². The molecule has 0 aliphatic rings. The Morgan fingerprint density at radius 1 is 1.14 bits per heavy atom. The Morgan fingerprint density at radius 3 is 2.34 bits per heavy atom. The Morgan fingerprint density at radius 2 is 1.76 bits per heavy atom. The number of fused-ring (bicyclic) bond motifs is 1. The molecule has 29 heavy (non-hydrogen) atoms. The molecule has 1 aromatic carbocycles. The molecule has 0 spiro atoms. The number of rotatable bonds is 4. The van der Waals surface area contributed by atoms with Crippen LogP contribution in [0.1, 0.15) is 51.4 Å². The summed E-state index contributed by atoms with van der Waals surface area (Å²) in [5.74, 6) is 0.416. The highest BCUT2D eigenvalue weighted by molar-refractivity contribution is 6.40. The SMILES string of the molecule is CC(C)(C)CC(C)(C)Nc1nccc2c1ccn2C(=O)c1c(Cl)cc(N)cc1Cl. The second-order valence-electron chi connectivity index (χ2n) is 9.19. The molecule has 3 aromatic rings. The number of benzene rings is 1. The number of hydrogen-bond donors (Lipinski definition) is 2. The fourth-order valence-electron chi connectivity index (χ4n) is 3.95. The van der Waals surface area contributed by atoms with Crippen LogP contribution >= 0.6 is 23.2 Å². The van der Waals surface area contributed by atoms with Gasteiger partial charge in [0.15, 0.2) is 0 Å². The summed E-state index contributed by atoms with van der Waals surface area (Å²) in [5, 5.41) is 4.83. The van der Waals surface area contributed by atoms with Crippen LogP contribution in [0.5, 0.6) is 0 Å². The lowest BCUT2D eigenvalue weighted by atomic mass is 9.82. The number of nitrogens with zero attached hydrogens (tertiary/aromatic N) is 2. The minimum absolute atomic E-state index is 0.162. The van der Waals surface area contributed by atoms with E-state index in [0.29, 0.717) is 5.69 Å². The van der Waals surface area contributed by atoms with Crippen LogP contribution in [0.4, 0.5) is 11.5 Å². The molecule has 0 aliphatic carbocycles. The number of carbonyl (C=O) groups excluding carboxylic acids is 1. The lowest BCUT2D eigenvalue weighted by molar-refractivity contribution is 0.0965. The van der Waals surface area contributed by atoms with Crippen molar-refractivity contribution in [1.29, 1.82) is 0 Å². The summed E-state index contributed by atoms with van der Waals surface area (Å²) in [4.78, 5) is 17.7. The van der Waals surface area contributed by atoms with Crippen molar-refractivity contribution in [2.75, 3.05) is 11.1 Å². The maximum atomic E-state index is 13.2. The number of anilines is 2. The number of hydrogen-bond acceptors (Lipinski definition) is 4. The van der Waals surface area contributed by atoms with Crippen LogP contribution in [0.2, 0.25) is 10.0 Å². The van der Waals surface area contributed by atoms with Crippen LogP contribution < -0.4 is 11.1 Å². The molecule has 0 aliphatic heterocycles. The quantitative estimate of drug-likeness (QED) is 0.478. The smallest absolute Gasteiger partial charge is 0.265 e. The summed E-state index contributed by atoms with van der Waals surface area (Å²) in [7, 11) is 0. The predicted molar refractivity (Wildman–Crippen MR) is 122 cm³/mol. The van der Waals surface area contributed by atoms with Gasteiger partial charge in [-0.1, -0.05) is 44.0 Å². The summed E-state index contributed by atoms with van der Waals surface area (Å²) in [5.41, 5.74) is 7.10. The molecule has 0 saturated heterocycles. The third-order valence-electron chi connectivity index (χ3n) is 4.54. The van der Waals surface area contributed by atoms with E-state index in [4.69, 9.17) is 28.9 Å². The Balaban J connectivity index is 2.02. The van der Waals surface area contributed by atoms with E-state index in [1.165, 1.54) is 16.7 Å². The van der Waals surface area contributed by atoms with Gasteiger partial charge < -0.3 is 11.1 Å². The van der Waals surface area contributed by atoms with E-state index in [2.05, 4.69) is 44.9 Å². The highest BCUT2D eigenvalue weighted by Gasteiger charge is 2.27. The number of nitrogen functional groups attached to an aromatic ring is 1. The molecule has 2 heterocycles. The molecule has 5 nitrogen and oxygen atoms in total. The fourth-order valence-corrected chi connectivity index (χ4v) is 4.62. The van der Waals surface area contributed by atoms with E-state index in [0.717, 1.165) is 23.1 Å². The molecule has 3 rings (SSSR count). The highest BCUT2D eigenvalue weighted by Crippen LogP contribution is 2.33. The summed E-state index contributed by atoms with van der Waals surface area (Å²) < 4.78 is 1.53. The number of halogens is 2. The normalized spacial score (nSPS) is 12.4. The van der Waals surface area contributed by atoms with Crippen molar-refractivity contribution < 1.29 is 4.79 Å². The zero-order valence-electron chi connectivity index (χ0n) is 17.3. The Bertz CT molecular complexity index is 1060. The van der Waals surface area contributed by atoms with Gasteiger partial charge in [-0.25, -0.2) is 4.98 Å². The van der Waals surface area contributed by atoms with E-state index in [1.807, 2.05) is 6.07 Å². The lowest BCUT2D eigenvalue weighted by Gasteiger charge is -2.34. The van der Waals surface area contributed by atoms with Crippen LogP contribution in [0.15, 0.2) is 36.7 Å². The third-order valence-corrected chi connectivity index (χ3v) is 5.14. The molecule has 3 N–H and O–H groups in total. The number of pyridine rings is 1. The molecule has 7 heteroatoms. The largest absolute Gasteiger partial charge is 0.399 e. The first-order valence-corrected chi connectivity index (χ1v) is 10.2. The standard InChI is InChI=1S/C22H26Cl2N4O/c1-21(2,3)12-22(4,5)27-19-14-7-9-28(17(14)6-8-26-19)20(29)18-15(23)10-13(25)11-16(18)24/h6-11H,12,25H2,1-5H3,(H,26,27). The highest BCUT2D eigenvalue weighted by atomic mass is 35.5. The topological polar surface area (TPSA) is 72.9 Å². The summed E-state index contributed by atoms with van der Waals surface area (Å²) in [6.07, 6.45) is 4.35. The predicted octanol–water partition coefficient (Wildman–Crippen LogP) is 6.24. The maximum Gasteiger partial charge on any atom is 0.265 e. The molecule has 0 radical (unpaired) electrons. The molecule has 154 valence electrons. The first-order chi connectivity index (χ1) is 13.4. The molecule has 0 unspecified atom stereocenters. The lowest BCUT2D eigenvalue weighted by Crippen LogP contribution is -2.35. The minimum Gasteiger partial charge on any atom is -0.399 e. The molecule has 0 atom stereocenters. The number of aromatic nitrogens is 2. The first-order valence-electron chi connectivity index (χ1n) is 9.41. The van der Waals surface area contributed by atoms with Crippen molar-refractivity contribution in [1.82, 2.24) is 9.55 Å². The molecule has 2 aromatic heterocycles. The Labute approximate surface area is 181 Å². The van der Waals surface area contributed by atoms with Crippen LogP contribution in [-0.4, -0.2) is 21.0 Å². The second-order valence-corrected chi connectivity index (χ2v) is 10.0. The van der Waals surface area contributed by atoms with Gasteiger partial charge in [0.2, 0.25) is 0 Å². The van der Waals surface area contributed by atoms with Crippen molar-refractivity contribution in [3.05, 3.63) is 52.3 Å². The van der Waals surface area contributed by atoms with Crippen molar-refractivity contribution in [3.8, 4) is 0 Å². The second kappa shape index (κ2) is 7.54. The first kappa shape index (κ1) is 21.5. The van der Waals surface area contributed by atoms with Crippen LogP contribution in [0.3, 0.4) is 0 Å². The van der Waals surface area contributed by atoms with Crippen molar-refractivity contribution in [2.45, 2.75) is 46.6 Å². The van der Waals surface area contributed by atoms with Gasteiger partial charge in [0.05, 0.1) is 21.1 Å². The summed E-state index contributed by atoms with van der Waals surface area (Å²) in [6.45, 7) is 10.9. The molecular formula is C22H26Cl2N4O. The molecule has 0 saturated carbocycles. The minimum atomic E-state index is -0.318. The summed E-state index contributed by atoms with van der Waals surface area (Å²) >= 11 is 12.5. The fraction of sp³-hybridized carbons (Fsp3) is 0.364. The van der Waals surface area contributed by atoms with Gasteiger partial charge in [0.1, 0.15) is 5.82 Å². The van der Waals surface area contributed by atoms with Crippen molar-refractivity contribution in [3.63, 3.8) is 0 Å². The van der Waals surface area contributed by atoms with Crippen LogP contribution in [-0.2, 0) is 0 Å². The van der Waals surface area contributed by atoms with E-state index < -0.39 is 0 Å². The van der Waals surface area contributed by atoms with Crippen molar-refractivity contribution in [2.24, 2.45) is 5.41 Å². The van der Waals surface area contributed by atoms with Gasteiger partial charge in [-0.05, 0) is 49.9 Å². The van der Waals surface area contributed by atoms with E-state index in [-0.39, 0.29) is 32.5 Å². The van der Waals surface area contributed by atoms with Crippen LogP contribution in [0, 0.1) is 5.41 Å². The summed E-state index contributed by atoms with van der Waals surface area (Å²) in [6, 6.07) is 6.72. The Kier molecular flexibility index (Phi) is 5.58. The van der Waals surface area contributed by atoms with Gasteiger partial charge in [-0.15, -0.1) is 0 Å². The van der Waals surface area contributed by atoms with Gasteiger partial charge in [0.25, 0.3) is 5.91 Å². The monoisotopic (exact) mass is 432 g/mol.